The molecule has 0 bridgehead atoms. The summed E-state index contributed by atoms with van der Waals surface area (Å²) in [5, 5.41) is 4.10. The van der Waals surface area contributed by atoms with Crippen molar-refractivity contribution in [3.63, 3.8) is 0 Å². The van der Waals surface area contributed by atoms with Gasteiger partial charge in [0, 0.05) is 42.6 Å². The molecule has 1 aromatic carbocycles. The number of likely N-dealkylation sites (N-methyl/N-ethyl adjacent to an activating group) is 1. The maximum Gasteiger partial charge on any atom is 0.266 e. The predicted octanol–water partition coefficient (Wildman–Crippen LogP) is 1.72. The van der Waals surface area contributed by atoms with Crippen LogP contribution in [0.2, 0.25) is 0 Å². The average Bonchev–Trinajstić information content (AvgIpc) is 2.97. The zero-order valence-electron chi connectivity index (χ0n) is 12.0. The Balaban J connectivity index is 1.62. The van der Waals surface area contributed by atoms with E-state index in [-0.39, 0.29) is 5.91 Å². The van der Waals surface area contributed by atoms with Gasteiger partial charge in [0.2, 0.25) is 6.10 Å². The standard InChI is InChI=1S/C15H18BrN3O2/c1-18-5-7-19(8-6-18)15(20)14-10-13(17-21-14)11-3-2-4-12(16)9-11/h2-4,9,14H,5-8,10H2,1H3/t14-/m0/s1. The Morgan fingerprint density at radius 2 is 2.10 bits per heavy atom. The first-order valence-corrected chi connectivity index (χ1v) is 7.89. The second kappa shape index (κ2) is 6.15. The summed E-state index contributed by atoms with van der Waals surface area (Å²) in [4.78, 5) is 21.9. The fraction of sp³-hybridized carbons (Fsp3) is 0.467. The molecule has 0 N–H and O–H groups in total. The average molecular weight is 352 g/mol. The molecule has 112 valence electrons. The van der Waals surface area contributed by atoms with Crippen molar-refractivity contribution in [2.45, 2.75) is 12.5 Å². The predicted molar refractivity (Wildman–Crippen MR) is 84.2 cm³/mol. The monoisotopic (exact) mass is 351 g/mol. The van der Waals surface area contributed by atoms with Crippen LogP contribution in [0.3, 0.4) is 0 Å². The summed E-state index contributed by atoms with van der Waals surface area (Å²) in [6.45, 7) is 3.36. The van der Waals surface area contributed by atoms with Crippen molar-refractivity contribution in [2.75, 3.05) is 33.2 Å². The van der Waals surface area contributed by atoms with Gasteiger partial charge < -0.3 is 14.6 Å². The maximum absolute atomic E-state index is 12.5. The van der Waals surface area contributed by atoms with Crippen molar-refractivity contribution >= 4 is 27.5 Å². The Morgan fingerprint density at radius 1 is 1.33 bits per heavy atom. The Hall–Kier alpha value is -1.40. The van der Waals surface area contributed by atoms with Gasteiger partial charge in [0.05, 0.1) is 5.71 Å². The number of hydrogen-bond acceptors (Lipinski definition) is 4. The van der Waals surface area contributed by atoms with E-state index >= 15 is 0 Å². The van der Waals surface area contributed by atoms with Gasteiger partial charge in [-0.2, -0.15) is 0 Å². The van der Waals surface area contributed by atoms with Gasteiger partial charge >= 0.3 is 0 Å². The lowest BCUT2D eigenvalue weighted by molar-refractivity contribution is -0.143. The number of carbonyl (C=O) groups excluding carboxylic acids is 1. The van der Waals surface area contributed by atoms with E-state index in [4.69, 9.17) is 4.84 Å². The van der Waals surface area contributed by atoms with Crippen molar-refractivity contribution in [2.24, 2.45) is 5.16 Å². The summed E-state index contributed by atoms with van der Waals surface area (Å²) < 4.78 is 0.997. The van der Waals surface area contributed by atoms with E-state index in [0.29, 0.717) is 6.42 Å². The summed E-state index contributed by atoms with van der Waals surface area (Å²) in [5.41, 5.74) is 1.84. The number of amides is 1. The summed E-state index contributed by atoms with van der Waals surface area (Å²) in [6.07, 6.45) is 0.0733. The summed E-state index contributed by atoms with van der Waals surface area (Å²) in [5.74, 6) is 0.0526. The highest BCUT2D eigenvalue weighted by Gasteiger charge is 2.33. The second-order valence-electron chi connectivity index (χ2n) is 5.48. The minimum absolute atomic E-state index is 0.0526. The van der Waals surface area contributed by atoms with E-state index in [1.807, 2.05) is 29.2 Å². The van der Waals surface area contributed by atoms with Gasteiger partial charge in [0.1, 0.15) is 0 Å². The van der Waals surface area contributed by atoms with Crippen LogP contribution in [0.15, 0.2) is 33.9 Å². The van der Waals surface area contributed by atoms with Crippen LogP contribution >= 0.6 is 15.9 Å². The second-order valence-corrected chi connectivity index (χ2v) is 6.39. The van der Waals surface area contributed by atoms with Crippen LogP contribution in [0, 0.1) is 0 Å². The molecule has 0 spiro atoms. The van der Waals surface area contributed by atoms with E-state index in [9.17, 15) is 4.79 Å². The molecular weight excluding hydrogens is 334 g/mol. The topological polar surface area (TPSA) is 45.1 Å². The number of oxime groups is 1. The van der Waals surface area contributed by atoms with Crippen molar-refractivity contribution in [3.05, 3.63) is 34.3 Å². The largest absolute Gasteiger partial charge is 0.382 e. The molecule has 2 aliphatic heterocycles. The first kappa shape index (κ1) is 14.5. The van der Waals surface area contributed by atoms with E-state index in [2.05, 4.69) is 33.0 Å². The summed E-state index contributed by atoms with van der Waals surface area (Å²) in [7, 11) is 2.07. The summed E-state index contributed by atoms with van der Waals surface area (Å²) in [6, 6.07) is 7.89. The molecule has 1 aromatic rings. The molecule has 1 atom stereocenters. The minimum atomic E-state index is -0.470. The van der Waals surface area contributed by atoms with Gasteiger partial charge in [-0.3, -0.25) is 4.79 Å². The molecule has 0 radical (unpaired) electrons. The normalized spacial score (nSPS) is 22.9. The molecule has 0 saturated carbocycles. The van der Waals surface area contributed by atoms with E-state index < -0.39 is 6.10 Å². The van der Waals surface area contributed by atoms with Gasteiger partial charge in [-0.05, 0) is 19.2 Å². The fourth-order valence-electron chi connectivity index (χ4n) is 2.58. The smallest absolute Gasteiger partial charge is 0.266 e. The Bertz CT molecular complexity index is 568. The molecule has 1 saturated heterocycles. The van der Waals surface area contributed by atoms with Gasteiger partial charge in [-0.1, -0.05) is 33.2 Å². The minimum Gasteiger partial charge on any atom is -0.382 e. The zero-order chi connectivity index (χ0) is 14.8. The van der Waals surface area contributed by atoms with Crippen molar-refractivity contribution in [1.82, 2.24) is 9.80 Å². The number of benzene rings is 1. The van der Waals surface area contributed by atoms with Crippen LogP contribution in [-0.4, -0.2) is 60.7 Å². The first-order valence-electron chi connectivity index (χ1n) is 7.09. The van der Waals surface area contributed by atoms with Crippen LogP contribution < -0.4 is 0 Å². The Morgan fingerprint density at radius 3 is 2.81 bits per heavy atom. The number of nitrogens with zero attached hydrogens (tertiary/aromatic N) is 3. The molecule has 1 fully saturated rings. The van der Waals surface area contributed by atoms with Crippen molar-refractivity contribution in [1.29, 1.82) is 0 Å². The highest BCUT2D eigenvalue weighted by Crippen LogP contribution is 2.21. The molecule has 21 heavy (non-hydrogen) atoms. The number of hydrogen-bond donors (Lipinski definition) is 0. The summed E-state index contributed by atoms with van der Waals surface area (Å²) >= 11 is 3.45. The fourth-order valence-corrected chi connectivity index (χ4v) is 2.98. The SMILES string of the molecule is CN1CCN(C(=O)[C@@H]2CC(c3cccc(Br)c3)=NO2)CC1. The zero-order valence-corrected chi connectivity index (χ0v) is 13.5. The van der Waals surface area contributed by atoms with Crippen molar-refractivity contribution in [3.8, 4) is 0 Å². The van der Waals surface area contributed by atoms with Crippen LogP contribution in [0.1, 0.15) is 12.0 Å². The van der Waals surface area contributed by atoms with Gasteiger partial charge in [-0.25, -0.2) is 0 Å². The van der Waals surface area contributed by atoms with Crippen LogP contribution in [0.4, 0.5) is 0 Å². The van der Waals surface area contributed by atoms with Gasteiger partial charge in [-0.15, -0.1) is 0 Å². The molecule has 3 rings (SSSR count). The van der Waals surface area contributed by atoms with E-state index in [1.165, 1.54) is 0 Å². The highest BCUT2D eigenvalue weighted by molar-refractivity contribution is 9.10. The lowest BCUT2D eigenvalue weighted by Crippen LogP contribution is -2.50. The first-order chi connectivity index (χ1) is 10.1. The quantitative estimate of drug-likeness (QED) is 0.814. The third-order valence-corrected chi connectivity index (χ3v) is 4.41. The molecule has 5 nitrogen and oxygen atoms in total. The van der Waals surface area contributed by atoms with Crippen LogP contribution in [0.25, 0.3) is 0 Å². The number of halogens is 1. The third kappa shape index (κ3) is 3.27. The van der Waals surface area contributed by atoms with E-state index in [1.54, 1.807) is 0 Å². The van der Waals surface area contributed by atoms with Crippen molar-refractivity contribution < 1.29 is 9.63 Å². The number of piperazine rings is 1. The van der Waals surface area contributed by atoms with Crippen LogP contribution in [-0.2, 0) is 9.63 Å². The molecule has 0 aromatic heterocycles. The van der Waals surface area contributed by atoms with E-state index in [0.717, 1.165) is 41.9 Å². The number of carbonyl (C=O) groups is 1. The molecule has 6 heteroatoms. The molecule has 2 aliphatic rings. The van der Waals surface area contributed by atoms with Gasteiger partial charge in [0.25, 0.3) is 5.91 Å². The molecule has 2 heterocycles. The Kier molecular flexibility index (Phi) is 4.26. The lowest BCUT2D eigenvalue weighted by atomic mass is 10.0. The van der Waals surface area contributed by atoms with Gasteiger partial charge in [0.15, 0.2) is 0 Å². The number of rotatable bonds is 2. The molecule has 1 amide bonds. The van der Waals surface area contributed by atoms with Crippen LogP contribution in [0.5, 0.6) is 0 Å². The Labute approximate surface area is 132 Å². The molecule has 0 aliphatic carbocycles. The highest BCUT2D eigenvalue weighted by atomic mass is 79.9. The third-order valence-electron chi connectivity index (χ3n) is 3.92. The molecular formula is C15H18BrN3O2. The lowest BCUT2D eigenvalue weighted by Gasteiger charge is -2.33. The maximum atomic E-state index is 12.5. The molecule has 0 unspecified atom stereocenters.